The van der Waals surface area contributed by atoms with Gasteiger partial charge in [0.2, 0.25) is 5.91 Å². The van der Waals surface area contributed by atoms with E-state index in [9.17, 15) is 9.59 Å². The number of carbonyl (C=O) groups is 1. The van der Waals surface area contributed by atoms with E-state index >= 15 is 0 Å². The van der Waals surface area contributed by atoms with E-state index in [0.717, 1.165) is 32.6 Å². The number of thioether (sulfide) groups is 1. The zero-order valence-corrected chi connectivity index (χ0v) is 19.0. The average molecular weight is 465 g/mol. The minimum atomic E-state index is -0.278. The van der Waals surface area contributed by atoms with Gasteiger partial charge in [-0.2, -0.15) is 0 Å². The highest BCUT2D eigenvalue weighted by Crippen LogP contribution is 2.34. The smallest absolute Gasteiger partial charge is 0.252 e. The third-order valence-electron chi connectivity index (χ3n) is 4.48. The SMILES string of the molecule is COc1ccc(-c2nc(C)c(-c3cc(=O)[nH]c(SCC(=O)Nc4ccccc4)n3)s2)cc1. The molecule has 0 saturated heterocycles. The molecule has 2 heterocycles. The Kier molecular flexibility index (Phi) is 6.67. The van der Waals surface area contributed by atoms with Gasteiger partial charge in [0.05, 0.1) is 29.1 Å². The first-order valence-electron chi connectivity index (χ1n) is 9.73. The van der Waals surface area contributed by atoms with Crippen LogP contribution in [-0.4, -0.2) is 33.7 Å². The summed E-state index contributed by atoms with van der Waals surface area (Å²) in [5.74, 6) is 0.724. The number of amides is 1. The maximum atomic E-state index is 12.2. The Morgan fingerprint density at radius 2 is 1.88 bits per heavy atom. The van der Waals surface area contributed by atoms with Gasteiger partial charge in [-0.25, -0.2) is 9.97 Å². The molecule has 9 heteroatoms. The van der Waals surface area contributed by atoms with Crippen LogP contribution in [0, 0.1) is 6.92 Å². The van der Waals surface area contributed by atoms with E-state index in [2.05, 4.69) is 20.3 Å². The number of nitrogens with one attached hydrogen (secondary N) is 2. The largest absolute Gasteiger partial charge is 0.497 e. The number of aryl methyl sites for hydroxylation is 1. The van der Waals surface area contributed by atoms with E-state index < -0.39 is 0 Å². The second-order valence-corrected chi connectivity index (χ2v) is 8.76. The average Bonchev–Trinajstić information content (AvgIpc) is 3.20. The summed E-state index contributed by atoms with van der Waals surface area (Å²) in [6, 6.07) is 18.3. The van der Waals surface area contributed by atoms with Crippen LogP contribution in [0.25, 0.3) is 21.1 Å². The lowest BCUT2D eigenvalue weighted by molar-refractivity contribution is -0.113. The van der Waals surface area contributed by atoms with Crippen LogP contribution in [-0.2, 0) is 4.79 Å². The molecule has 32 heavy (non-hydrogen) atoms. The van der Waals surface area contributed by atoms with Crippen LogP contribution in [0.3, 0.4) is 0 Å². The summed E-state index contributed by atoms with van der Waals surface area (Å²) in [5, 5.41) is 4.03. The number of aromatic nitrogens is 3. The molecule has 7 nitrogen and oxygen atoms in total. The number of nitrogens with zero attached hydrogens (tertiary/aromatic N) is 2. The molecule has 0 atom stereocenters. The summed E-state index contributed by atoms with van der Waals surface area (Å²) < 4.78 is 5.21. The second kappa shape index (κ2) is 9.80. The fourth-order valence-electron chi connectivity index (χ4n) is 2.96. The van der Waals surface area contributed by atoms with Gasteiger partial charge in [0.1, 0.15) is 10.8 Å². The van der Waals surface area contributed by atoms with E-state index in [1.165, 1.54) is 29.2 Å². The maximum Gasteiger partial charge on any atom is 0.252 e. The molecule has 2 aromatic carbocycles. The standard InChI is InChI=1S/C23H20N4O3S2/c1-14-21(32-22(24-14)15-8-10-17(30-2)11-9-15)18-12-19(28)27-23(26-18)31-13-20(29)25-16-6-4-3-5-7-16/h3-12H,13H2,1-2H3,(H,25,29)(H,26,27,28). The lowest BCUT2D eigenvalue weighted by Gasteiger charge is -2.05. The Morgan fingerprint density at radius 3 is 2.59 bits per heavy atom. The lowest BCUT2D eigenvalue weighted by atomic mass is 10.2. The summed E-state index contributed by atoms with van der Waals surface area (Å²) in [6.45, 7) is 1.89. The van der Waals surface area contributed by atoms with Crippen molar-refractivity contribution in [2.75, 3.05) is 18.2 Å². The van der Waals surface area contributed by atoms with Crippen LogP contribution in [0.4, 0.5) is 5.69 Å². The molecule has 0 spiro atoms. The number of rotatable bonds is 7. The fourth-order valence-corrected chi connectivity index (χ4v) is 4.67. The topological polar surface area (TPSA) is 97.0 Å². The highest BCUT2D eigenvalue weighted by atomic mass is 32.2. The van der Waals surface area contributed by atoms with E-state index in [1.54, 1.807) is 7.11 Å². The first kappa shape index (κ1) is 21.8. The van der Waals surface area contributed by atoms with Crippen molar-refractivity contribution in [3.8, 4) is 26.9 Å². The van der Waals surface area contributed by atoms with Crippen LogP contribution in [0.15, 0.2) is 70.6 Å². The molecule has 0 radical (unpaired) electrons. The van der Waals surface area contributed by atoms with Crippen molar-refractivity contribution < 1.29 is 9.53 Å². The number of anilines is 1. The van der Waals surface area contributed by atoms with Crippen LogP contribution in [0.2, 0.25) is 0 Å². The van der Waals surface area contributed by atoms with Crippen molar-refractivity contribution in [2.24, 2.45) is 0 Å². The number of para-hydroxylation sites is 1. The van der Waals surface area contributed by atoms with Crippen LogP contribution >= 0.6 is 23.1 Å². The predicted molar refractivity (Wildman–Crippen MR) is 128 cm³/mol. The zero-order valence-electron chi connectivity index (χ0n) is 17.4. The molecule has 4 rings (SSSR count). The summed E-state index contributed by atoms with van der Waals surface area (Å²) in [7, 11) is 1.63. The highest BCUT2D eigenvalue weighted by Gasteiger charge is 2.15. The normalized spacial score (nSPS) is 10.7. The number of hydrogen-bond acceptors (Lipinski definition) is 7. The molecule has 162 valence electrons. The Bertz CT molecular complexity index is 1280. The molecule has 0 unspecified atom stereocenters. The zero-order chi connectivity index (χ0) is 22.5. The number of methoxy groups -OCH3 is 1. The van der Waals surface area contributed by atoms with Gasteiger partial charge in [-0.15, -0.1) is 11.3 Å². The number of ether oxygens (including phenoxy) is 1. The van der Waals surface area contributed by atoms with Crippen molar-refractivity contribution in [1.29, 1.82) is 0 Å². The fraction of sp³-hybridized carbons (Fsp3) is 0.130. The van der Waals surface area contributed by atoms with Gasteiger partial charge >= 0.3 is 0 Å². The number of thiazole rings is 1. The highest BCUT2D eigenvalue weighted by molar-refractivity contribution is 7.99. The van der Waals surface area contributed by atoms with Crippen LogP contribution in [0.1, 0.15) is 5.69 Å². The monoisotopic (exact) mass is 464 g/mol. The first-order valence-corrected chi connectivity index (χ1v) is 11.5. The number of benzene rings is 2. The van der Waals surface area contributed by atoms with Crippen molar-refractivity contribution in [2.45, 2.75) is 12.1 Å². The second-order valence-electron chi connectivity index (χ2n) is 6.80. The van der Waals surface area contributed by atoms with Crippen LogP contribution < -0.4 is 15.6 Å². The maximum absolute atomic E-state index is 12.2. The molecule has 0 bridgehead atoms. The van der Waals surface area contributed by atoms with Gasteiger partial charge in [0.25, 0.3) is 5.56 Å². The number of aromatic amines is 1. The number of hydrogen-bond donors (Lipinski definition) is 2. The molecular formula is C23H20N4O3S2. The Hall–Kier alpha value is -3.43. The first-order chi connectivity index (χ1) is 15.5. The van der Waals surface area contributed by atoms with E-state index in [0.29, 0.717) is 10.9 Å². The quantitative estimate of drug-likeness (QED) is 0.306. The molecule has 0 aliphatic carbocycles. The minimum Gasteiger partial charge on any atom is -0.497 e. The molecule has 0 aliphatic heterocycles. The third kappa shape index (κ3) is 5.24. The van der Waals surface area contributed by atoms with Crippen molar-refractivity contribution in [1.82, 2.24) is 15.0 Å². The van der Waals surface area contributed by atoms with Crippen LogP contribution in [0.5, 0.6) is 5.75 Å². The Morgan fingerprint density at radius 1 is 1.12 bits per heavy atom. The third-order valence-corrected chi connectivity index (χ3v) is 6.59. The minimum absolute atomic E-state index is 0.125. The van der Waals surface area contributed by atoms with Crippen molar-refractivity contribution in [3.05, 3.63) is 76.7 Å². The van der Waals surface area contributed by atoms with Crippen molar-refractivity contribution in [3.63, 3.8) is 0 Å². The molecule has 0 aliphatic rings. The molecule has 0 fully saturated rings. The summed E-state index contributed by atoms with van der Waals surface area (Å²) >= 11 is 2.64. The van der Waals surface area contributed by atoms with E-state index in [1.807, 2.05) is 61.5 Å². The molecule has 0 saturated carbocycles. The Balaban J connectivity index is 1.51. The summed E-state index contributed by atoms with van der Waals surface area (Å²) in [4.78, 5) is 37.2. The molecule has 2 aromatic heterocycles. The lowest BCUT2D eigenvalue weighted by Crippen LogP contribution is -2.15. The van der Waals surface area contributed by atoms with Gasteiger partial charge in [-0.05, 0) is 43.3 Å². The van der Waals surface area contributed by atoms with Crippen molar-refractivity contribution >= 4 is 34.7 Å². The molecule has 4 aromatic rings. The van der Waals surface area contributed by atoms with Gasteiger partial charge in [0, 0.05) is 17.3 Å². The summed E-state index contributed by atoms with van der Waals surface area (Å²) in [6.07, 6.45) is 0. The van der Waals surface area contributed by atoms with Gasteiger partial charge in [0.15, 0.2) is 5.16 Å². The van der Waals surface area contributed by atoms with Gasteiger partial charge in [-0.1, -0.05) is 30.0 Å². The van der Waals surface area contributed by atoms with E-state index in [-0.39, 0.29) is 17.2 Å². The van der Waals surface area contributed by atoms with E-state index in [4.69, 9.17) is 4.74 Å². The number of carbonyl (C=O) groups excluding carboxylic acids is 1. The molecule has 1 amide bonds. The van der Waals surface area contributed by atoms with Gasteiger partial charge in [-0.3, -0.25) is 9.59 Å². The molecular weight excluding hydrogens is 444 g/mol. The Labute approximate surface area is 192 Å². The number of H-pyrrole nitrogens is 1. The predicted octanol–water partition coefficient (Wildman–Crippen LogP) is 4.61. The molecule has 2 N–H and O–H groups in total. The summed E-state index contributed by atoms with van der Waals surface area (Å²) in [5.41, 5.74) is 2.73. The van der Waals surface area contributed by atoms with Gasteiger partial charge < -0.3 is 15.0 Å².